The maximum Gasteiger partial charge on any atom is 0.402 e. The topological polar surface area (TPSA) is 78.4 Å². The summed E-state index contributed by atoms with van der Waals surface area (Å²) >= 11 is 0. The Balaban J connectivity index is 2.33. The van der Waals surface area contributed by atoms with E-state index in [1.165, 1.54) is 4.72 Å². The van der Waals surface area contributed by atoms with Gasteiger partial charge in [-0.1, -0.05) is 0 Å². The van der Waals surface area contributed by atoms with Crippen LogP contribution in [0.5, 0.6) is 0 Å². The van der Waals surface area contributed by atoms with Gasteiger partial charge in [0.1, 0.15) is 6.54 Å². The van der Waals surface area contributed by atoms with Crippen LogP contribution in [0.15, 0.2) is 0 Å². The Labute approximate surface area is 84.8 Å². The molecule has 1 fully saturated rings. The molecule has 3 N–H and O–H groups in total. The largest absolute Gasteiger partial charge is 0.402 e. The third-order valence-corrected chi connectivity index (χ3v) is 3.07. The fraction of sp³-hybridized carbons (Fsp3) is 1.00. The minimum absolute atomic E-state index is 0.229. The highest BCUT2D eigenvalue weighted by Gasteiger charge is 2.33. The molecule has 9 heteroatoms. The molecule has 0 spiro atoms. The van der Waals surface area contributed by atoms with Gasteiger partial charge in [-0.05, 0) is 12.8 Å². The van der Waals surface area contributed by atoms with E-state index in [1.807, 2.05) is 4.72 Å². The van der Waals surface area contributed by atoms with Crippen molar-refractivity contribution in [2.24, 2.45) is 0 Å². The average Bonchev–Trinajstić information content (AvgIpc) is 1.97. The number of hydrogen-bond donors (Lipinski definition) is 3. The Morgan fingerprint density at radius 1 is 1.33 bits per heavy atom. The molecule has 1 saturated carbocycles. The Bertz CT molecular complexity index is 310. The number of nitrogens with one attached hydrogen (secondary N) is 2. The molecule has 90 valence electrons. The maximum atomic E-state index is 11.7. The van der Waals surface area contributed by atoms with Crippen molar-refractivity contribution in [2.75, 3.05) is 6.54 Å². The van der Waals surface area contributed by atoms with Crippen molar-refractivity contribution >= 4 is 10.2 Å². The van der Waals surface area contributed by atoms with E-state index >= 15 is 0 Å². The molecule has 5 nitrogen and oxygen atoms in total. The van der Waals surface area contributed by atoms with Crippen LogP contribution < -0.4 is 9.44 Å². The van der Waals surface area contributed by atoms with Gasteiger partial charge in [-0.25, -0.2) is 0 Å². The molecule has 0 heterocycles. The molecule has 0 unspecified atom stereocenters. The lowest BCUT2D eigenvalue weighted by Gasteiger charge is -2.31. The molecule has 0 amide bonds. The van der Waals surface area contributed by atoms with E-state index in [2.05, 4.69) is 0 Å². The van der Waals surface area contributed by atoms with Gasteiger partial charge in [-0.15, -0.1) is 0 Å². The van der Waals surface area contributed by atoms with Gasteiger partial charge in [0.15, 0.2) is 0 Å². The number of alkyl halides is 3. The van der Waals surface area contributed by atoms with Gasteiger partial charge >= 0.3 is 6.18 Å². The molecular formula is C6H11F3N2O3S. The summed E-state index contributed by atoms with van der Waals surface area (Å²) in [6, 6.07) is -0.481. The first-order valence-corrected chi connectivity index (χ1v) is 5.68. The molecule has 0 aliphatic heterocycles. The summed E-state index contributed by atoms with van der Waals surface area (Å²) < 4.78 is 60.4. The van der Waals surface area contributed by atoms with Crippen LogP contribution in [0.4, 0.5) is 13.2 Å². The number of aliphatic hydroxyl groups is 1. The van der Waals surface area contributed by atoms with Crippen LogP contribution in [0, 0.1) is 0 Å². The minimum Gasteiger partial charge on any atom is -0.393 e. The van der Waals surface area contributed by atoms with E-state index in [-0.39, 0.29) is 12.8 Å². The fourth-order valence-electron chi connectivity index (χ4n) is 1.12. The second kappa shape index (κ2) is 4.24. The van der Waals surface area contributed by atoms with Crippen LogP contribution >= 0.6 is 0 Å². The summed E-state index contributed by atoms with van der Waals surface area (Å²) in [6.07, 6.45) is -4.69. The van der Waals surface area contributed by atoms with Crippen LogP contribution in [0.2, 0.25) is 0 Å². The first-order chi connectivity index (χ1) is 6.68. The lowest BCUT2D eigenvalue weighted by atomic mass is 9.91. The third-order valence-electron chi connectivity index (χ3n) is 1.90. The number of rotatable bonds is 4. The normalized spacial score (nSPS) is 27.5. The van der Waals surface area contributed by atoms with E-state index in [0.29, 0.717) is 0 Å². The van der Waals surface area contributed by atoms with Crippen molar-refractivity contribution in [1.29, 1.82) is 0 Å². The van der Waals surface area contributed by atoms with Gasteiger partial charge < -0.3 is 5.11 Å². The molecule has 0 aromatic heterocycles. The number of hydrogen-bond acceptors (Lipinski definition) is 3. The Kier molecular flexibility index (Phi) is 3.59. The highest BCUT2D eigenvalue weighted by Crippen LogP contribution is 2.20. The second-order valence-electron chi connectivity index (χ2n) is 3.38. The molecule has 0 aromatic carbocycles. The molecule has 1 rings (SSSR count). The van der Waals surface area contributed by atoms with Crippen molar-refractivity contribution in [3.63, 3.8) is 0 Å². The molecule has 0 aromatic rings. The smallest absolute Gasteiger partial charge is 0.393 e. The standard InChI is InChI=1S/C6H11F3N2O3S/c7-6(8,9)3-10-15(13,14)11-4-1-5(12)2-4/h4-5,10-12H,1-3H2. The fourth-order valence-corrected chi connectivity index (χ4v) is 2.19. The Morgan fingerprint density at radius 3 is 2.27 bits per heavy atom. The van der Waals surface area contributed by atoms with Crippen molar-refractivity contribution in [3.8, 4) is 0 Å². The molecule has 1 aliphatic carbocycles. The summed E-state index contributed by atoms with van der Waals surface area (Å²) in [5, 5.41) is 8.84. The van der Waals surface area contributed by atoms with Crippen molar-refractivity contribution in [1.82, 2.24) is 9.44 Å². The van der Waals surface area contributed by atoms with Gasteiger partial charge in [-0.3, -0.25) is 0 Å². The van der Waals surface area contributed by atoms with Crippen molar-refractivity contribution in [2.45, 2.75) is 31.2 Å². The van der Waals surface area contributed by atoms with E-state index < -0.39 is 35.1 Å². The molecule has 0 bridgehead atoms. The maximum absolute atomic E-state index is 11.7. The third kappa shape index (κ3) is 4.78. The second-order valence-corrected chi connectivity index (χ2v) is 4.91. The lowest BCUT2D eigenvalue weighted by molar-refractivity contribution is -0.121. The Hall–Kier alpha value is -0.380. The highest BCUT2D eigenvalue weighted by molar-refractivity contribution is 7.87. The minimum atomic E-state index is -4.58. The molecule has 0 atom stereocenters. The summed E-state index contributed by atoms with van der Waals surface area (Å²) in [5.41, 5.74) is 0. The van der Waals surface area contributed by atoms with Gasteiger partial charge in [0.05, 0.1) is 6.10 Å². The van der Waals surface area contributed by atoms with E-state index in [9.17, 15) is 21.6 Å². The summed E-state index contributed by atoms with van der Waals surface area (Å²) in [7, 11) is -4.13. The number of aliphatic hydroxyl groups excluding tert-OH is 1. The SMILES string of the molecule is O=S(=O)(NCC(F)(F)F)NC1CC(O)C1. The van der Waals surface area contributed by atoms with E-state index in [0.717, 1.165) is 0 Å². The van der Waals surface area contributed by atoms with Crippen LogP contribution in [0.1, 0.15) is 12.8 Å². The van der Waals surface area contributed by atoms with E-state index in [4.69, 9.17) is 5.11 Å². The zero-order valence-corrected chi connectivity index (χ0v) is 8.40. The van der Waals surface area contributed by atoms with E-state index in [1.54, 1.807) is 0 Å². The molecular weight excluding hydrogens is 237 g/mol. The van der Waals surface area contributed by atoms with Crippen LogP contribution in [0.25, 0.3) is 0 Å². The zero-order valence-electron chi connectivity index (χ0n) is 7.58. The molecule has 15 heavy (non-hydrogen) atoms. The Morgan fingerprint density at radius 2 is 1.87 bits per heavy atom. The average molecular weight is 248 g/mol. The van der Waals surface area contributed by atoms with Gasteiger partial charge in [0.25, 0.3) is 10.2 Å². The van der Waals surface area contributed by atoms with Crippen molar-refractivity contribution < 1.29 is 26.7 Å². The summed E-state index contributed by atoms with van der Waals surface area (Å²) in [4.78, 5) is 0. The predicted molar refractivity (Wildman–Crippen MR) is 45.1 cm³/mol. The number of halogens is 3. The first kappa shape index (κ1) is 12.7. The monoisotopic (exact) mass is 248 g/mol. The zero-order chi connectivity index (χ0) is 11.7. The van der Waals surface area contributed by atoms with Gasteiger partial charge in [0.2, 0.25) is 0 Å². The molecule has 0 saturated heterocycles. The predicted octanol–water partition coefficient (Wildman–Crippen LogP) is -0.504. The summed E-state index contributed by atoms with van der Waals surface area (Å²) in [6.45, 7) is -1.60. The summed E-state index contributed by atoms with van der Waals surface area (Å²) in [5.74, 6) is 0. The van der Waals surface area contributed by atoms with Crippen LogP contribution in [0.3, 0.4) is 0 Å². The van der Waals surface area contributed by atoms with Gasteiger partial charge in [-0.2, -0.15) is 31.0 Å². The highest BCUT2D eigenvalue weighted by atomic mass is 32.2. The molecule has 0 radical (unpaired) electrons. The van der Waals surface area contributed by atoms with Crippen LogP contribution in [-0.4, -0.2) is 38.4 Å². The van der Waals surface area contributed by atoms with Gasteiger partial charge in [0, 0.05) is 6.04 Å². The first-order valence-electron chi connectivity index (χ1n) is 4.20. The van der Waals surface area contributed by atoms with Crippen LogP contribution in [-0.2, 0) is 10.2 Å². The lowest BCUT2D eigenvalue weighted by Crippen LogP contribution is -2.51. The molecule has 1 aliphatic rings. The quantitative estimate of drug-likeness (QED) is 0.627. The van der Waals surface area contributed by atoms with Crippen molar-refractivity contribution in [3.05, 3.63) is 0 Å².